The van der Waals surface area contributed by atoms with E-state index in [-0.39, 0.29) is 0 Å². The van der Waals surface area contributed by atoms with Gasteiger partial charge in [-0.05, 0) is 41.7 Å². The summed E-state index contributed by atoms with van der Waals surface area (Å²) >= 11 is 0. The second-order valence-corrected chi connectivity index (χ2v) is 3.87. The van der Waals surface area contributed by atoms with Gasteiger partial charge in [-0.1, -0.05) is 38.2 Å². The highest BCUT2D eigenvalue weighted by Gasteiger charge is 1.77. The van der Waals surface area contributed by atoms with Gasteiger partial charge in [-0.3, -0.25) is 0 Å². The molecule has 1 aromatic rings. The van der Waals surface area contributed by atoms with Crippen LogP contribution in [0, 0.1) is 71.5 Å². The Morgan fingerprint density at radius 2 is 1.60 bits per heavy atom. The summed E-state index contributed by atoms with van der Waals surface area (Å²) in [5, 5.41) is 0. The Bertz CT molecular complexity index is 728. The third-order valence-electron chi connectivity index (χ3n) is 1.79. The number of hydrogen-bond donors (Lipinski definition) is 0. The molecule has 1 heterocycles. The lowest BCUT2D eigenvalue weighted by Gasteiger charge is -1.97. The van der Waals surface area contributed by atoms with Crippen LogP contribution in [0.4, 0.5) is 0 Å². The Morgan fingerprint density at radius 3 is 2.20 bits per heavy atom. The van der Waals surface area contributed by atoms with Crippen molar-refractivity contribution in [3.05, 3.63) is 36.5 Å². The molecule has 0 unspecified atom stereocenters. The van der Waals surface area contributed by atoms with Crippen LogP contribution in [-0.2, 0) is 0 Å². The third kappa shape index (κ3) is 7.99. The van der Waals surface area contributed by atoms with Crippen molar-refractivity contribution in [2.24, 2.45) is 5.92 Å². The summed E-state index contributed by atoms with van der Waals surface area (Å²) in [5.74, 6) is 27.1. The van der Waals surface area contributed by atoms with E-state index >= 15 is 0 Å². The largest absolute Gasteiger partial charge is 0.313 e. The number of nitrogens with zero attached hydrogens (tertiary/aromatic N) is 1. The van der Waals surface area contributed by atoms with Crippen LogP contribution < -0.4 is 0 Å². The van der Waals surface area contributed by atoms with Gasteiger partial charge in [0.2, 0.25) is 0 Å². The van der Waals surface area contributed by atoms with Gasteiger partial charge in [-0.2, -0.15) is 5.92 Å². The molecule has 1 heteroatoms. The first-order valence-electron chi connectivity index (χ1n) is 6.03. The summed E-state index contributed by atoms with van der Waals surface area (Å²) in [6.07, 6.45) is 5.19. The van der Waals surface area contributed by atoms with E-state index in [2.05, 4.69) is 64.2 Å². The van der Waals surface area contributed by atoms with E-state index in [1.165, 1.54) is 0 Å². The molecular weight excluding hydrogens is 242 g/mol. The van der Waals surface area contributed by atoms with Gasteiger partial charge in [0, 0.05) is 12.1 Å². The zero-order valence-corrected chi connectivity index (χ0v) is 11.4. The molecule has 0 radical (unpaired) electrons. The van der Waals surface area contributed by atoms with Crippen LogP contribution in [0.15, 0.2) is 24.5 Å². The zero-order chi connectivity index (χ0) is 14.5. The van der Waals surface area contributed by atoms with Gasteiger partial charge in [0.1, 0.15) is 0 Å². The van der Waals surface area contributed by atoms with Crippen molar-refractivity contribution in [1.29, 1.82) is 0 Å². The molecule has 1 aromatic heterocycles. The van der Waals surface area contributed by atoms with E-state index in [0.717, 1.165) is 5.56 Å². The summed E-state index contributed by atoms with van der Waals surface area (Å²) < 4.78 is 0. The Kier molecular flexibility index (Phi) is 7.30. The minimum Gasteiger partial charge on any atom is -0.313 e. The van der Waals surface area contributed by atoms with Crippen molar-refractivity contribution in [1.82, 2.24) is 4.98 Å². The molecule has 0 bridgehead atoms. The Morgan fingerprint density at radius 1 is 0.950 bits per heavy atom. The van der Waals surface area contributed by atoms with Crippen LogP contribution in [0.25, 0.3) is 0 Å². The first kappa shape index (κ1) is 14.9. The molecule has 0 fully saturated rings. The van der Waals surface area contributed by atoms with Gasteiger partial charge in [0.15, 0.2) is 0 Å². The number of aromatic nitrogens is 1. The Hall–Kier alpha value is -3.18. The predicted molar refractivity (Wildman–Crippen MR) is 81.4 cm³/mol. The standard InChI is InChI=1S/C19H12N/c1-18(2)13-10-8-6-4-3-5-7-9-11-14-19-15-12-16-20-17-19/h12,14-18H,1-2H3/q-1. The lowest BCUT2D eigenvalue weighted by molar-refractivity contribution is 0.867. The number of pyridine rings is 1. The Labute approximate surface area is 121 Å². The van der Waals surface area contributed by atoms with Crippen LogP contribution in [0.1, 0.15) is 19.4 Å². The van der Waals surface area contributed by atoms with Gasteiger partial charge in [-0.25, -0.2) is 0 Å². The van der Waals surface area contributed by atoms with Crippen molar-refractivity contribution >= 4 is 0 Å². The maximum Gasteiger partial charge on any atom is 0.0156 e. The molecule has 20 heavy (non-hydrogen) atoms. The van der Waals surface area contributed by atoms with Crippen LogP contribution in [0.3, 0.4) is 0 Å². The van der Waals surface area contributed by atoms with Crippen molar-refractivity contribution in [2.75, 3.05) is 0 Å². The maximum absolute atomic E-state index is 3.98. The molecule has 0 atom stereocenters. The molecular formula is C19H12N-. The lowest BCUT2D eigenvalue weighted by Crippen LogP contribution is -1.78. The summed E-state index contributed by atoms with van der Waals surface area (Å²) in [6, 6.07) is 3.77. The normalized spacial score (nSPS) is 6.95. The highest BCUT2D eigenvalue weighted by molar-refractivity contribution is 5.44. The lowest BCUT2D eigenvalue weighted by atomic mass is 10.2. The van der Waals surface area contributed by atoms with E-state index in [9.17, 15) is 0 Å². The van der Waals surface area contributed by atoms with E-state index in [4.69, 9.17) is 0 Å². The molecule has 0 amide bonds. The summed E-state index contributed by atoms with van der Waals surface area (Å²) in [6.45, 7) is 4.01. The van der Waals surface area contributed by atoms with Crippen LogP contribution in [-0.4, -0.2) is 4.98 Å². The molecule has 0 aromatic carbocycles. The van der Waals surface area contributed by atoms with E-state index in [0.29, 0.717) is 5.92 Å². The molecule has 0 saturated carbocycles. The van der Waals surface area contributed by atoms with E-state index in [1.807, 2.05) is 26.0 Å². The molecule has 0 spiro atoms. The maximum atomic E-state index is 3.98. The van der Waals surface area contributed by atoms with Crippen LogP contribution in [0.5, 0.6) is 0 Å². The minimum absolute atomic E-state index is 0.323. The zero-order valence-electron chi connectivity index (χ0n) is 11.4. The highest BCUT2D eigenvalue weighted by Crippen LogP contribution is 1.96. The number of rotatable bonds is 1. The SMILES string of the molecule is CC(C)C#CC#CC#CC#CC#C[CH-]c1cccnc1. The quantitative estimate of drug-likeness (QED) is 0.553. The van der Waals surface area contributed by atoms with Crippen molar-refractivity contribution < 1.29 is 0 Å². The molecule has 0 aliphatic rings. The average Bonchev–Trinajstić information content (AvgIpc) is 2.45. The molecule has 1 rings (SSSR count). The summed E-state index contributed by atoms with van der Waals surface area (Å²) in [5.41, 5.74) is 0.947. The van der Waals surface area contributed by atoms with Crippen molar-refractivity contribution in [3.8, 4) is 59.2 Å². The molecule has 0 aliphatic heterocycles. The summed E-state index contributed by atoms with van der Waals surface area (Å²) in [7, 11) is 0. The molecule has 94 valence electrons. The molecule has 0 saturated heterocycles. The van der Waals surface area contributed by atoms with E-state index < -0.39 is 0 Å². The fourth-order valence-corrected chi connectivity index (χ4v) is 0.985. The first-order chi connectivity index (χ1) is 9.79. The van der Waals surface area contributed by atoms with Crippen LogP contribution in [0.2, 0.25) is 0 Å². The number of hydrogen-bond acceptors (Lipinski definition) is 1. The van der Waals surface area contributed by atoms with Gasteiger partial charge in [0.05, 0.1) is 0 Å². The minimum atomic E-state index is 0.323. The topological polar surface area (TPSA) is 12.9 Å². The van der Waals surface area contributed by atoms with Gasteiger partial charge in [-0.15, -0.1) is 17.6 Å². The predicted octanol–water partition coefficient (Wildman–Crippen LogP) is 2.31. The molecule has 1 nitrogen and oxygen atoms in total. The van der Waals surface area contributed by atoms with Crippen LogP contribution >= 0.6 is 0 Å². The molecule has 0 N–H and O–H groups in total. The fourth-order valence-electron chi connectivity index (χ4n) is 0.985. The van der Waals surface area contributed by atoms with Gasteiger partial charge < -0.3 is 4.98 Å². The first-order valence-corrected chi connectivity index (χ1v) is 6.03. The second kappa shape index (κ2) is 9.81. The third-order valence-corrected chi connectivity index (χ3v) is 1.79. The van der Waals surface area contributed by atoms with E-state index in [1.54, 1.807) is 18.8 Å². The Balaban J connectivity index is 2.40. The fraction of sp³-hybridized carbons (Fsp3) is 0.158. The summed E-state index contributed by atoms with van der Waals surface area (Å²) in [4.78, 5) is 3.98. The van der Waals surface area contributed by atoms with Crippen molar-refractivity contribution in [3.63, 3.8) is 0 Å². The monoisotopic (exact) mass is 254 g/mol. The van der Waals surface area contributed by atoms with Gasteiger partial charge >= 0.3 is 0 Å². The highest BCUT2D eigenvalue weighted by atomic mass is 14.6. The van der Waals surface area contributed by atoms with Gasteiger partial charge in [0.25, 0.3) is 0 Å². The second-order valence-electron chi connectivity index (χ2n) is 3.87. The molecule has 0 aliphatic carbocycles. The smallest absolute Gasteiger partial charge is 0.0156 e. The van der Waals surface area contributed by atoms with Crippen molar-refractivity contribution in [2.45, 2.75) is 13.8 Å². The average molecular weight is 254 g/mol.